The summed E-state index contributed by atoms with van der Waals surface area (Å²) in [5.74, 6) is 0.182. The molecule has 1 aromatic heterocycles. The molecule has 1 saturated carbocycles. The third-order valence-electron chi connectivity index (χ3n) is 3.27. The molecule has 0 aromatic carbocycles. The zero-order valence-corrected chi connectivity index (χ0v) is 10.1. The van der Waals surface area contributed by atoms with Gasteiger partial charge in [-0.15, -0.1) is 0 Å². The van der Waals surface area contributed by atoms with Crippen LogP contribution in [-0.4, -0.2) is 17.6 Å². The Bertz CT molecular complexity index is 344. The van der Waals surface area contributed by atoms with Crippen LogP contribution in [0.3, 0.4) is 0 Å². The number of aromatic nitrogens is 1. The number of rotatable bonds is 5. The van der Waals surface area contributed by atoms with Gasteiger partial charge in [0.25, 0.3) is 0 Å². The Labute approximate surface area is 102 Å². The van der Waals surface area contributed by atoms with E-state index in [4.69, 9.17) is 4.74 Å². The summed E-state index contributed by atoms with van der Waals surface area (Å²) in [5, 5.41) is 0. The van der Waals surface area contributed by atoms with Crippen LogP contribution in [0.4, 0.5) is 0 Å². The first-order valence-corrected chi connectivity index (χ1v) is 6.42. The standard InChI is InChI=1S/C14H19NO2/c16-14(13-7-1-2-8-13)17-10-4-6-12-5-3-9-15-11-12/h3,5,9,11,13H,1-2,4,6-8,10H2. The molecule has 2 rings (SSSR count). The SMILES string of the molecule is O=C(OCCCc1cccnc1)C1CCCC1. The number of aryl methyl sites for hydroxylation is 1. The van der Waals surface area contributed by atoms with Crippen LogP contribution in [0.1, 0.15) is 37.7 Å². The van der Waals surface area contributed by atoms with E-state index in [0.717, 1.165) is 25.7 Å². The van der Waals surface area contributed by atoms with Crippen molar-refractivity contribution in [2.24, 2.45) is 5.92 Å². The molecule has 0 N–H and O–H groups in total. The predicted octanol–water partition coefficient (Wildman–Crippen LogP) is 2.75. The Balaban J connectivity index is 1.61. The third kappa shape index (κ3) is 3.84. The predicted molar refractivity (Wildman–Crippen MR) is 65.5 cm³/mol. The van der Waals surface area contributed by atoms with E-state index in [1.807, 2.05) is 18.3 Å². The molecule has 0 aliphatic heterocycles. The van der Waals surface area contributed by atoms with Crippen molar-refractivity contribution < 1.29 is 9.53 Å². The topological polar surface area (TPSA) is 39.2 Å². The van der Waals surface area contributed by atoms with E-state index in [9.17, 15) is 4.79 Å². The Hall–Kier alpha value is -1.38. The van der Waals surface area contributed by atoms with Gasteiger partial charge in [0.1, 0.15) is 0 Å². The van der Waals surface area contributed by atoms with E-state index in [-0.39, 0.29) is 11.9 Å². The zero-order valence-electron chi connectivity index (χ0n) is 10.1. The molecule has 1 fully saturated rings. The van der Waals surface area contributed by atoms with Crippen LogP contribution in [-0.2, 0) is 16.0 Å². The number of hydrogen-bond donors (Lipinski definition) is 0. The minimum absolute atomic E-state index is 0.00804. The highest BCUT2D eigenvalue weighted by molar-refractivity contribution is 5.72. The fourth-order valence-corrected chi connectivity index (χ4v) is 2.27. The molecule has 1 aliphatic carbocycles. The monoisotopic (exact) mass is 233 g/mol. The summed E-state index contributed by atoms with van der Waals surface area (Å²) >= 11 is 0. The Morgan fingerprint density at radius 3 is 2.94 bits per heavy atom. The molecule has 0 amide bonds. The Morgan fingerprint density at radius 1 is 1.41 bits per heavy atom. The summed E-state index contributed by atoms with van der Waals surface area (Å²) in [6.07, 6.45) is 9.81. The number of nitrogens with zero attached hydrogens (tertiary/aromatic N) is 1. The number of esters is 1. The van der Waals surface area contributed by atoms with Crippen LogP contribution in [0.5, 0.6) is 0 Å². The molecule has 1 heterocycles. The second-order valence-electron chi connectivity index (χ2n) is 4.61. The first-order valence-electron chi connectivity index (χ1n) is 6.42. The molecule has 3 heteroatoms. The second-order valence-corrected chi connectivity index (χ2v) is 4.61. The molecular weight excluding hydrogens is 214 g/mol. The van der Waals surface area contributed by atoms with Crippen LogP contribution in [0.25, 0.3) is 0 Å². The average molecular weight is 233 g/mol. The molecule has 1 aliphatic rings. The normalized spacial score (nSPS) is 16.0. The second kappa shape index (κ2) is 6.38. The van der Waals surface area contributed by atoms with Gasteiger partial charge >= 0.3 is 5.97 Å². The quantitative estimate of drug-likeness (QED) is 0.580. The molecule has 92 valence electrons. The lowest BCUT2D eigenvalue weighted by atomic mass is 10.1. The molecule has 0 saturated heterocycles. The molecule has 0 radical (unpaired) electrons. The molecule has 0 atom stereocenters. The summed E-state index contributed by atoms with van der Waals surface area (Å²) in [6, 6.07) is 3.98. The van der Waals surface area contributed by atoms with E-state index in [2.05, 4.69) is 4.98 Å². The highest BCUT2D eigenvalue weighted by Crippen LogP contribution is 2.25. The summed E-state index contributed by atoms with van der Waals surface area (Å²) in [5.41, 5.74) is 1.20. The molecule has 0 unspecified atom stereocenters. The van der Waals surface area contributed by atoms with Crippen molar-refractivity contribution in [2.45, 2.75) is 38.5 Å². The number of carbonyl (C=O) groups excluding carboxylic acids is 1. The molecule has 0 bridgehead atoms. The molecular formula is C14H19NO2. The lowest BCUT2D eigenvalue weighted by Gasteiger charge is -2.09. The molecule has 3 nitrogen and oxygen atoms in total. The maximum Gasteiger partial charge on any atom is 0.308 e. The van der Waals surface area contributed by atoms with Crippen molar-refractivity contribution in [3.63, 3.8) is 0 Å². The average Bonchev–Trinajstić information content (AvgIpc) is 2.89. The fourth-order valence-electron chi connectivity index (χ4n) is 2.27. The van der Waals surface area contributed by atoms with Gasteiger partial charge < -0.3 is 4.74 Å². The number of pyridine rings is 1. The van der Waals surface area contributed by atoms with Crippen molar-refractivity contribution in [1.29, 1.82) is 0 Å². The largest absolute Gasteiger partial charge is 0.465 e. The first kappa shape index (κ1) is 12.1. The summed E-state index contributed by atoms with van der Waals surface area (Å²) in [6.45, 7) is 0.532. The smallest absolute Gasteiger partial charge is 0.308 e. The van der Waals surface area contributed by atoms with E-state index in [1.54, 1.807) is 6.20 Å². The van der Waals surface area contributed by atoms with Gasteiger partial charge in [0.2, 0.25) is 0 Å². The van der Waals surface area contributed by atoms with Gasteiger partial charge in [-0.2, -0.15) is 0 Å². The minimum Gasteiger partial charge on any atom is -0.465 e. The van der Waals surface area contributed by atoms with Crippen LogP contribution in [0, 0.1) is 5.92 Å². The van der Waals surface area contributed by atoms with Crippen LogP contribution >= 0.6 is 0 Å². The molecule has 17 heavy (non-hydrogen) atoms. The maximum atomic E-state index is 11.6. The Morgan fingerprint density at radius 2 is 2.24 bits per heavy atom. The highest BCUT2D eigenvalue weighted by atomic mass is 16.5. The first-order chi connectivity index (χ1) is 8.36. The van der Waals surface area contributed by atoms with E-state index >= 15 is 0 Å². The summed E-state index contributed by atoms with van der Waals surface area (Å²) in [7, 11) is 0. The van der Waals surface area contributed by atoms with Crippen molar-refractivity contribution in [1.82, 2.24) is 4.98 Å². The summed E-state index contributed by atoms with van der Waals surface area (Å²) < 4.78 is 5.29. The van der Waals surface area contributed by atoms with Gasteiger partial charge in [0.05, 0.1) is 12.5 Å². The molecule has 0 spiro atoms. The summed E-state index contributed by atoms with van der Waals surface area (Å²) in [4.78, 5) is 15.7. The van der Waals surface area contributed by atoms with Crippen molar-refractivity contribution >= 4 is 5.97 Å². The van der Waals surface area contributed by atoms with E-state index in [0.29, 0.717) is 6.61 Å². The highest BCUT2D eigenvalue weighted by Gasteiger charge is 2.23. The lowest BCUT2D eigenvalue weighted by Crippen LogP contribution is -2.15. The van der Waals surface area contributed by atoms with Crippen LogP contribution in [0.2, 0.25) is 0 Å². The maximum absolute atomic E-state index is 11.6. The van der Waals surface area contributed by atoms with Gasteiger partial charge in [-0.25, -0.2) is 0 Å². The van der Waals surface area contributed by atoms with E-state index in [1.165, 1.54) is 18.4 Å². The van der Waals surface area contributed by atoms with Crippen molar-refractivity contribution in [2.75, 3.05) is 6.61 Å². The van der Waals surface area contributed by atoms with Gasteiger partial charge in [-0.3, -0.25) is 9.78 Å². The van der Waals surface area contributed by atoms with Gasteiger partial charge in [-0.05, 0) is 37.3 Å². The van der Waals surface area contributed by atoms with Crippen molar-refractivity contribution in [3.8, 4) is 0 Å². The van der Waals surface area contributed by atoms with Gasteiger partial charge in [0, 0.05) is 12.4 Å². The number of ether oxygens (including phenoxy) is 1. The lowest BCUT2D eigenvalue weighted by molar-refractivity contribution is -0.148. The number of hydrogen-bond acceptors (Lipinski definition) is 3. The van der Waals surface area contributed by atoms with Gasteiger partial charge in [0.15, 0.2) is 0 Å². The van der Waals surface area contributed by atoms with Crippen LogP contribution in [0.15, 0.2) is 24.5 Å². The van der Waals surface area contributed by atoms with Crippen LogP contribution < -0.4 is 0 Å². The Kier molecular flexibility index (Phi) is 4.54. The van der Waals surface area contributed by atoms with Crippen molar-refractivity contribution in [3.05, 3.63) is 30.1 Å². The third-order valence-corrected chi connectivity index (χ3v) is 3.27. The number of carbonyl (C=O) groups is 1. The minimum atomic E-state index is 0.00804. The fraction of sp³-hybridized carbons (Fsp3) is 0.571. The molecule has 1 aromatic rings. The van der Waals surface area contributed by atoms with E-state index < -0.39 is 0 Å². The van der Waals surface area contributed by atoms with Gasteiger partial charge in [-0.1, -0.05) is 18.9 Å². The zero-order chi connectivity index (χ0) is 11.9.